The highest BCUT2D eigenvalue weighted by Crippen LogP contribution is 2.34. The van der Waals surface area contributed by atoms with Crippen LogP contribution < -0.4 is 9.50 Å². The van der Waals surface area contributed by atoms with Gasteiger partial charge in [0.2, 0.25) is 0 Å². The lowest BCUT2D eigenvalue weighted by molar-refractivity contribution is -0.130. The minimum Gasteiger partial charge on any atom is -0.382 e. The molecule has 1 saturated heterocycles. The molecule has 1 saturated carbocycles. The van der Waals surface area contributed by atoms with Crippen molar-refractivity contribution in [2.24, 2.45) is 0 Å². The van der Waals surface area contributed by atoms with Gasteiger partial charge < -0.3 is 9.50 Å². The first-order valence-electron chi connectivity index (χ1n) is 7.63. The van der Waals surface area contributed by atoms with E-state index in [0.717, 1.165) is 22.2 Å². The molecule has 1 spiro atoms. The number of carbonyl (C=O) groups excluding carboxylic acids is 2. The van der Waals surface area contributed by atoms with Crippen molar-refractivity contribution in [2.45, 2.75) is 31.2 Å². The molecule has 0 aromatic heterocycles. The van der Waals surface area contributed by atoms with Crippen molar-refractivity contribution in [3.63, 3.8) is 0 Å². The number of carbonyl (C=O) groups is 2. The Morgan fingerprint density at radius 3 is 2.42 bits per heavy atom. The molecule has 1 aromatic carbocycles. The van der Waals surface area contributed by atoms with Crippen LogP contribution in [0.4, 0.5) is 4.79 Å². The molecule has 9 heteroatoms. The zero-order valence-corrected chi connectivity index (χ0v) is 15.2. The Morgan fingerprint density at radius 1 is 1.17 bits per heavy atom. The summed E-state index contributed by atoms with van der Waals surface area (Å²) >= 11 is 3.25. The number of amides is 3. The molecule has 1 N–H and O–H groups in total. The summed E-state index contributed by atoms with van der Waals surface area (Å²) in [6.07, 6.45) is 2.97. The predicted octanol–water partition coefficient (Wildman–Crippen LogP) is 2.02. The van der Waals surface area contributed by atoms with Crippen molar-refractivity contribution in [2.75, 3.05) is 12.3 Å². The van der Waals surface area contributed by atoms with Gasteiger partial charge in [-0.3, -0.25) is 9.69 Å². The van der Waals surface area contributed by atoms with Crippen LogP contribution in [0.25, 0.3) is 0 Å². The van der Waals surface area contributed by atoms with Gasteiger partial charge in [0.05, 0.1) is 0 Å². The van der Waals surface area contributed by atoms with Crippen molar-refractivity contribution in [3.05, 3.63) is 28.7 Å². The fourth-order valence-corrected chi connectivity index (χ4v) is 4.24. The van der Waals surface area contributed by atoms with Crippen LogP contribution in [0.1, 0.15) is 25.7 Å². The molecule has 7 nitrogen and oxygen atoms in total. The lowest BCUT2D eigenvalue weighted by Gasteiger charge is -2.19. The van der Waals surface area contributed by atoms with Crippen LogP contribution in [0.2, 0.25) is 0 Å². The van der Waals surface area contributed by atoms with Crippen LogP contribution >= 0.6 is 15.9 Å². The summed E-state index contributed by atoms with van der Waals surface area (Å²) in [6, 6.07) is 5.82. The largest absolute Gasteiger partial charge is 0.382 e. The maximum Gasteiger partial charge on any atom is 0.325 e. The van der Waals surface area contributed by atoms with Crippen LogP contribution in [-0.2, 0) is 14.9 Å². The third-order valence-corrected chi connectivity index (χ3v) is 5.96. The highest BCUT2D eigenvalue weighted by molar-refractivity contribution is 9.10. The minimum absolute atomic E-state index is 0.183. The fraction of sp³-hybridized carbons (Fsp3) is 0.467. The number of urea groups is 1. The number of benzene rings is 1. The minimum atomic E-state index is -3.91. The summed E-state index contributed by atoms with van der Waals surface area (Å²) in [6.45, 7) is -0.217. The maximum atomic E-state index is 12.5. The topological polar surface area (TPSA) is 92.8 Å². The molecule has 1 heterocycles. The normalized spacial score (nSPS) is 19.8. The standard InChI is InChI=1S/C15H17BrN2O5S/c16-11-3-5-12(6-4-11)23-24(21,22)10-9-18-13(19)15(17-14(18)20)7-1-2-8-15/h3-6H,1-2,7-10H2,(H,17,20). The second-order valence-electron chi connectivity index (χ2n) is 5.98. The zero-order chi connectivity index (χ0) is 17.4. The Kier molecular flexibility index (Phi) is 4.56. The van der Waals surface area contributed by atoms with Crippen LogP contribution in [0.5, 0.6) is 5.75 Å². The van der Waals surface area contributed by atoms with Gasteiger partial charge in [0.25, 0.3) is 5.91 Å². The first-order chi connectivity index (χ1) is 11.3. The van der Waals surface area contributed by atoms with E-state index >= 15 is 0 Å². The zero-order valence-electron chi connectivity index (χ0n) is 12.8. The summed E-state index contributed by atoms with van der Waals surface area (Å²) in [4.78, 5) is 25.4. The Labute approximate surface area is 148 Å². The van der Waals surface area contributed by atoms with E-state index < -0.39 is 27.4 Å². The SMILES string of the molecule is O=C1NC2(CCCC2)C(=O)N1CCS(=O)(=O)Oc1ccc(Br)cc1. The van der Waals surface area contributed by atoms with Crippen molar-refractivity contribution >= 4 is 38.0 Å². The van der Waals surface area contributed by atoms with Gasteiger partial charge in [0, 0.05) is 11.0 Å². The smallest absolute Gasteiger partial charge is 0.325 e. The number of rotatable bonds is 5. The van der Waals surface area contributed by atoms with E-state index in [2.05, 4.69) is 21.2 Å². The van der Waals surface area contributed by atoms with Crippen LogP contribution in [0.3, 0.4) is 0 Å². The predicted molar refractivity (Wildman–Crippen MR) is 90.0 cm³/mol. The van der Waals surface area contributed by atoms with Gasteiger partial charge in [0.1, 0.15) is 17.0 Å². The van der Waals surface area contributed by atoms with E-state index in [1.165, 1.54) is 12.1 Å². The Morgan fingerprint density at radius 2 is 1.79 bits per heavy atom. The Hall–Kier alpha value is -1.61. The lowest BCUT2D eigenvalue weighted by atomic mass is 9.98. The summed E-state index contributed by atoms with van der Waals surface area (Å²) in [7, 11) is -3.91. The second kappa shape index (κ2) is 6.36. The molecule has 130 valence electrons. The summed E-state index contributed by atoms with van der Waals surface area (Å²) in [5.74, 6) is -0.593. The van der Waals surface area contributed by atoms with E-state index in [1.54, 1.807) is 12.1 Å². The van der Waals surface area contributed by atoms with Crippen LogP contribution in [0, 0.1) is 0 Å². The van der Waals surface area contributed by atoms with Gasteiger partial charge in [-0.2, -0.15) is 8.42 Å². The molecule has 0 unspecified atom stereocenters. The second-order valence-corrected chi connectivity index (χ2v) is 8.58. The highest BCUT2D eigenvalue weighted by Gasteiger charge is 2.52. The summed E-state index contributed by atoms with van der Waals surface area (Å²) in [5, 5.41) is 2.72. The van der Waals surface area contributed by atoms with Gasteiger partial charge in [-0.15, -0.1) is 0 Å². The van der Waals surface area contributed by atoms with Gasteiger partial charge in [-0.05, 0) is 37.1 Å². The number of hydrogen-bond acceptors (Lipinski definition) is 5. The first-order valence-corrected chi connectivity index (χ1v) is 10.0. The molecule has 3 amide bonds. The summed E-state index contributed by atoms with van der Waals surface area (Å²) in [5.41, 5.74) is -0.826. The maximum absolute atomic E-state index is 12.5. The average Bonchev–Trinajstić information content (AvgIpc) is 3.07. The molecule has 0 bridgehead atoms. The number of nitrogens with one attached hydrogen (secondary N) is 1. The molecular weight excluding hydrogens is 400 g/mol. The van der Waals surface area contributed by atoms with Crippen molar-refractivity contribution in [3.8, 4) is 5.75 Å². The molecule has 0 atom stereocenters. The number of halogens is 1. The number of imide groups is 1. The lowest BCUT2D eigenvalue weighted by Crippen LogP contribution is -2.44. The Bertz CT molecular complexity index is 757. The van der Waals surface area contributed by atoms with E-state index in [1.807, 2.05) is 0 Å². The quantitative estimate of drug-likeness (QED) is 0.585. The van der Waals surface area contributed by atoms with E-state index in [9.17, 15) is 18.0 Å². The number of nitrogens with zero attached hydrogens (tertiary/aromatic N) is 1. The number of hydrogen-bond donors (Lipinski definition) is 1. The monoisotopic (exact) mass is 416 g/mol. The average molecular weight is 417 g/mol. The van der Waals surface area contributed by atoms with Gasteiger partial charge in [-0.25, -0.2) is 4.79 Å². The fourth-order valence-electron chi connectivity index (χ4n) is 3.08. The molecule has 1 aliphatic carbocycles. The van der Waals surface area contributed by atoms with Crippen LogP contribution in [0.15, 0.2) is 28.7 Å². The molecule has 2 aliphatic rings. The molecule has 1 aliphatic heterocycles. The summed E-state index contributed by atoms with van der Waals surface area (Å²) < 4.78 is 29.9. The molecule has 1 aromatic rings. The van der Waals surface area contributed by atoms with E-state index in [0.29, 0.717) is 12.8 Å². The van der Waals surface area contributed by atoms with Crippen molar-refractivity contribution in [1.82, 2.24) is 10.2 Å². The molecule has 0 radical (unpaired) electrons. The van der Waals surface area contributed by atoms with Gasteiger partial charge >= 0.3 is 16.1 Å². The van der Waals surface area contributed by atoms with Crippen LogP contribution in [-0.4, -0.2) is 43.1 Å². The Balaban J connectivity index is 1.63. The van der Waals surface area contributed by atoms with E-state index in [-0.39, 0.29) is 18.2 Å². The third-order valence-electron chi connectivity index (χ3n) is 4.30. The molecule has 2 fully saturated rings. The van der Waals surface area contributed by atoms with Gasteiger partial charge in [0.15, 0.2) is 0 Å². The first kappa shape index (κ1) is 17.2. The highest BCUT2D eigenvalue weighted by atomic mass is 79.9. The molecule has 24 heavy (non-hydrogen) atoms. The molecular formula is C15H17BrN2O5S. The van der Waals surface area contributed by atoms with E-state index in [4.69, 9.17) is 4.18 Å². The molecule has 3 rings (SSSR count). The van der Waals surface area contributed by atoms with Gasteiger partial charge in [-0.1, -0.05) is 28.8 Å². The third kappa shape index (κ3) is 3.41. The van der Waals surface area contributed by atoms with Crippen molar-refractivity contribution in [1.29, 1.82) is 0 Å². The van der Waals surface area contributed by atoms with Crippen molar-refractivity contribution < 1.29 is 22.2 Å².